The largest absolute Gasteiger partial charge is 0.270 e. The molecule has 3 nitrogen and oxygen atoms in total. The molecule has 0 radical (unpaired) electrons. The monoisotopic (exact) mass is 419 g/mol. The van der Waals surface area contributed by atoms with Gasteiger partial charge in [0.2, 0.25) is 0 Å². The van der Waals surface area contributed by atoms with Crippen LogP contribution in [0.2, 0.25) is 5.02 Å². The Bertz CT molecular complexity index is 1080. The number of nitrogens with zero attached hydrogens (tertiary/aromatic N) is 3. The lowest BCUT2D eigenvalue weighted by molar-refractivity contribution is 0.885. The van der Waals surface area contributed by atoms with Crippen molar-refractivity contribution in [2.24, 2.45) is 0 Å². The van der Waals surface area contributed by atoms with Gasteiger partial charge in [-0.3, -0.25) is 4.57 Å². The van der Waals surface area contributed by atoms with E-state index in [-0.39, 0.29) is 0 Å². The van der Waals surface area contributed by atoms with E-state index in [2.05, 4.69) is 77.1 Å². The van der Waals surface area contributed by atoms with E-state index in [9.17, 15) is 0 Å². The standard InChI is InChI=1S/C24H22ClN3S/c1-3-18-8-14-22(15-9-18)28-23(20-10-12-21(25)13-11-20)26-27-24(28)29-16-19-6-4-17(2)5-7-19/h4-15H,3,16H2,1-2H3. The van der Waals surface area contributed by atoms with Crippen LogP contribution < -0.4 is 0 Å². The van der Waals surface area contributed by atoms with Crippen LogP contribution in [0.4, 0.5) is 0 Å². The highest BCUT2D eigenvalue weighted by atomic mass is 35.5. The second kappa shape index (κ2) is 8.85. The lowest BCUT2D eigenvalue weighted by atomic mass is 10.1. The van der Waals surface area contributed by atoms with Crippen molar-refractivity contribution >= 4 is 23.4 Å². The SMILES string of the molecule is CCc1ccc(-n2c(SCc3ccc(C)cc3)nnc2-c2ccc(Cl)cc2)cc1. The summed E-state index contributed by atoms with van der Waals surface area (Å²) in [6.45, 7) is 4.27. The summed E-state index contributed by atoms with van der Waals surface area (Å²) in [5.74, 6) is 1.66. The van der Waals surface area contributed by atoms with E-state index in [1.54, 1.807) is 11.8 Å². The quantitative estimate of drug-likeness (QED) is 0.324. The fourth-order valence-electron chi connectivity index (χ4n) is 3.10. The summed E-state index contributed by atoms with van der Waals surface area (Å²) in [7, 11) is 0. The van der Waals surface area contributed by atoms with E-state index in [1.165, 1.54) is 16.7 Å². The minimum atomic E-state index is 0.709. The number of hydrogen-bond donors (Lipinski definition) is 0. The number of halogens is 1. The molecule has 0 amide bonds. The molecule has 4 aromatic rings. The number of hydrogen-bond acceptors (Lipinski definition) is 3. The molecule has 3 aromatic carbocycles. The van der Waals surface area contributed by atoms with E-state index in [0.717, 1.165) is 34.4 Å². The van der Waals surface area contributed by atoms with E-state index in [1.807, 2.05) is 24.3 Å². The Morgan fingerprint density at radius 1 is 0.828 bits per heavy atom. The predicted molar refractivity (Wildman–Crippen MR) is 122 cm³/mol. The topological polar surface area (TPSA) is 30.7 Å². The second-order valence-corrected chi connectivity index (χ2v) is 8.32. The molecule has 1 heterocycles. The minimum absolute atomic E-state index is 0.709. The third-order valence-electron chi connectivity index (χ3n) is 4.83. The van der Waals surface area contributed by atoms with Crippen LogP contribution >= 0.6 is 23.4 Å². The summed E-state index contributed by atoms with van der Waals surface area (Å²) in [4.78, 5) is 0. The average Bonchev–Trinajstić information content (AvgIpc) is 3.18. The van der Waals surface area contributed by atoms with Gasteiger partial charge in [-0.15, -0.1) is 10.2 Å². The van der Waals surface area contributed by atoms with Gasteiger partial charge in [0.25, 0.3) is 0 Å². The molecule has 0 unspecified atom stereocenters. The number of thioether (sulfide) groups is 1. The van der Waals surface area contributed by atoms with Gasteiger partial charge < -0.3 is 0 Å². The molecule has 29 heavy (non-hydrogen) atoms. The van der Waals surface area contributed by atoms with Gasteiger partial charge in [0.1, 0.15) is 0 Å². The first-order valence-electron chi connectivity index (χ1n) is 9.63. The van der Waals surface area contributed by atoms with Crippen molar-refractivity contribution < 1.29 is 0 Å². The van der Waals surface area contributed by atoms with E-state index in [0.29, 0.717) is 5.02 Å². The maximum Gasteiger partial charge on any atom is 0.196 e. The molecule has 5 heteroatoms. The smallest absolute Gasteiger partial charge is 0.196 e. The first kappa shape index (κ1) is 19.7. The van der Waals surface area contributed by atoms with Crippen LogP contribution in [0.5, 0.6) is 0 Å². The molecular formula is C24H22ClN3S. The predicted octanol–water partition coefficient (Wildman–Crippen LogP) is 6.75. The van der Waals surface area contributed by atoms with Gasteiger partial charge in [0.15, 0.2) is 11.0 Å². The Hall–Kier alpha value is -2.56. The maximum atomic E-state index is 6.08. The molecule has 0 aliphatic rings. The Morgan fingerprint density at radius 2 is 1.48 bits per heavy atom. The molecule has 0 spiro atoms. The molecule has 0 aliphatic carbocycles. The molecule has 146 valence electrons. The van der Waals surface area contributed by atoms with Crippen LogP contribution in [0.3, 0.4) is 0 Å². The van der Waals surface area contributed by atoms with Gasteiger partial charge >= 0.3 is 0 Å². The van der Waals surface area contributed by atoms with Crippen LogP contribution in [0.1, 0.15) is 23.6 Å². The number of benzene rings is 3. The van der Waals surface area contributed by atoms with Crippen molar-refractivity contribution in [2.75, 3.05) is 0 Å². The fraction of sp³-hybridized carbons (Fsp3) is 0.167. The number of aromatic nitrogens is 3. The Balaban J connectivity index is 1.71. The van der Waals surface area contributed by atoms with Crippen molar-refractivity contribution in [2.45, 2.75) is 31.2 Å². The van der Waals surface area contributed by atoms with Gasteiger partial charge in [0.05, 0.1) is 0 Å². The normalized spacial score (nSPS) is 11.0. The maximum absolute atomic E-state index is 6.08. The molecule has 0 saturated carbocycles. The Kier molecular flexibility index (Phi) is 6.02. The van der Waals surface area contributed by atoms with Crippen molar-refractivity contribution in [3.05, 3.63) is 94.5 Å². The van der Waals surface area contributed by atoms with Crippen LogP contribution in [0.25, 0.3) is 17.1 Å². The lowest BCUT2D eigenvalue weighted by Crippen LogP contribution is -2.00. The van der Waals surface area contributed by atoms with E-state index in [4.69, 9.17) is 11.6 Å². The molecule has 0 N–H and O–H groups in total. The third kappa shape index (κ3) is 4.55. The first-order valence-corrected chi connectivity index (χ1v) is 11.0. The fourth-order valence-corrected chi connectivity index (χ4v) is 4.13. The summed E-state index contributed by atoms with van der Waals surface area (Å²) < 4.78 is 2.13. The molecule has 0 bridgehead atoms. The zero-order chi connectivity index (χ0) is 20.2. The first-order chi connectivity index (χ1) is 14.1. The summed E-state index contributed by atoms with van der Waals surface area (Å²) in [6, 6.07) is 24.9. The molecule has 0 fully saturated rings. The van der Waals surface area contributed by atoms with E-state index < -0.39 is 0 Å². The molecule has 4 rings (SSSR count). The van der Waals surface area contributed by atoms with Gasteiger partial charge in [0, 0.05) is 22.0 Å². The number of aryl methyl sites for hydroxylation is 2. The van der Waals surface area contributed by atoms with Crippen molar-refractivity contribution in [1.82, 2.24) is 14.8 Å². The highest BCUT2D eigenvalue weighted by Crippen LogP contribution is 2.30. The van der Waals surface area contributed by atoms with Gasteiger partial charge in [-0.05, 0) is 60.9 Å². The molecule has 1 aromatic heterocycles. The highest BCUT2D eigenvalue weighted by Gasteiger charge is 2.16. The minimum Gasteiger partial charge on any atom is -0.270 e. The summed E-state index contributed by atoms with van der Waals surface area (Å²) >= 11 is 7.77. The lowest BCUT2D eigenvalue weighted by Gasteiger charge is -2.11. The van der Waals surface area contributed by atoms with Crippen molar-refractivity contribution in [3.8, 4) is 17.1 Å². The second-order valence-electron chi connectivity index (χ2n) is 6.94. The van der Waals surface area contributed by atoms with Crippen molar-refractivity contribution in [3.63, 3.8) is 0 Å². The summed E-state index contributed by atoms with van der Waals surface area (Å²) in [5.41, 5.74) is 5.89. The van der Waals surface area contributed by atoms with Gasteiger partial charge in [-0.2, -0.15) is 0 Å². The zero-order valence-electron chi connectivity index (χ0n) is 16.5. The Morgan fingerprint density at radius 3 is 2.14 bits per heavy atom. The molecule has 0 saturated heterocycles. The van der Waals surface area contributed by atoms with Gasteiger partial charge in [-0.1, -0.05) is 72.2 Å². The number of rotatable bonds is 6. The van der Waals surface area contributed by atoms with Crippen LogP contribution in [-0.4, -0.2) is 14.8 Å². The van der Waals surface area contributed by atoms with Crippen LogP contribution in [0.15, 0.2) is 78.0 Å². The van der Waals surface area contributed by atoms with Crippen LogP contribution in [-0.2, 0) is 12.2 Å². The Labute approximate surface area is 180 Å². The molecule has 0 atom stereocenters. The molecular weight excluding hydrogens is 398 g/mol. The summed E-state index contributed by atoms with van der Waals surface area (Å²) in [5, 5.41) is 10.6. The van der Waals surface area contributed by atoms with Crippen LogP contribution in [0, 0.1) is 6.92 Å². The van der Waals surface area contributed by atoms with E-state index >= 15 is 0 Å². The van der Waals surface area contributed by atoms with Crippen molar-refractivity contribution in [1.29, 1.82) is 0 Å². The molecule has 0 aliphatic heterocycles. The zero-order valence-corrected chi connectivity index (χ0v) is 18.0. The van der Waals surface area contributed by atoms with Gasteiger partial charge in [-0.25, -0.2) is 0 Å². The summed E-state index contributed by atoms with van der Waals surface area (Å²) in [6.07, 6.45) is 1.02. The third-order valence-corrected chi connectivity index (χ3v) is 6.08. The average molecular weight is 420 g/mol. The highest BCUT2D eigenvalue weighted by molar-refractivity contribution is 7.98.